The fourth-order valence-electron chi connectivity index (χ4n) is 3.07. The average Bonchev–Trinajstić information content (AvgIpc) is 2.76. The van der Waals surface area contributed by atoms with E-state index in [2.05, 4.69) is 28.6 Å². The van der Waals surface area contributed by atoms with Crippen LogP contribution in [0.1, 0.15) is 32.3 Å². The molecule has 3 amide bonds. The van der Waals surface area contributed by atoms with Crippen LogP contribution in [0.2, 0.25) is 0 Å². The van der Waals surface area contributed by atoms with Gasteiger partial charge in [-0.1, -0.05) is 26.0 Å². The molecular formula is C22H32N4O8S. The number of hydrogen-bond donors (Lipinski definition) is 8. The van der Waals surface area contributed by atoms with Crippen molar-refractivity contribution >= 4 is 42.3 Å². The van der Waals surface area contributed by atoms with Gasteiger partial charge in [-0.05, 0) is 36.5 Å². The second kappa shape index (κ2) is 14.2. The maximum atomic E-state index is 12.7. The van der Waals surface area contributed by atoms with Gasteiger partial charge in [-0.2, -0.15) is 12.6 Å². The first kappa shape index (κ1) is 29.7. The first-order chi connectivity index (χ1) is 16.3. The molecule has 4 atom stereocenters. The second-order valence-electron chi connectivity index (χ2n) is 8.41. The van der Waals surface area contributed by atoms with Crippen molar-refractivity contribution < 1.29 is 39.3 Å². The largest absolute Gasteiger partial charge is 0.508 e. The van der Waals surface area contributed by atoms with Crippen molar-refractivity contribution in [1.82, 2.24) is 16.0 Å². The van der Waals surface area contributed by atoms with Crippen LogP contribution in [0.4, 0.5) is 0 Å². The number of thiol groups is 1. The Bertz CT molecular complexity index is 909. The lowest BCUT2D eigenvalue weighted by Crippen LogP contribution is -2.58. The number of phenols is 1. The zero-order valence-corrected chi connectivity index (χ0v) is 20.3. The Hall–Kier alpha value is -3.32. The maximum Gasteiger partial charge on any atom is 0.326 e. The summed E-state index contributed by atoms with van der Waals surface area (Å²) in [5.74, 6) is -5.41. The molecule has 12 nitrogen and oxygen atoms in total. The summed E-state index contributed by atoms with van der Waals surface area (Å²) in [7, 11) is 0. The van der Waals surface area contributed by atoms with E-state index in [1.807, 2.05) is 0 Å². The van der Waals surface area contributed by atoms with Crippen molar-refractivity contribution in [3.05, 3.63) is 29.8 Å². The van der Waals surface area contributed by atoms with Gasteiger partial charge in [0.1, 0.15) is 23.9 Å². The number of hydrogen-bond acceptors (Lipinski definition) is 8. The molecule has 0 heterocycles. The van der Waals surface area contributed by atoms with Gasteiger partial charge in [0.05, 0.1) is 12.5 Å². The minimum absolute atomic E-state index is 0.0265. The number of carbonyl (C=O) groups is 5. The molecule has 0 spiro atoms. The number of amides is 3. The van der Waals surface area contributed by atoms with Gasteiger partial charge in [0.25, 0.3) is 0 Å². The van der Waals surface area contributed by atoms with Crippen molar-refractivity contribution in [3.63, 3.8) is 0 Å². The molecule has 0 aliphatic carbocycles. The number of aliphatic carboxylic acids is 2. The average molecular weight is 513 g/mol. The number of rotatable bonds is 14. The summed E-state index contributed by atoms with van der Waals surface area (Å²) >= 11 is 4.01. The van der Waals surface area contributed by atoms with Crippen LogP contribution in [-0.4, -0.2) is 74.9 Å². The number of aromatic hydroxyl groups is 1. The molecule has 4 unspecified atom stereocenters. The third-order valence-corrected chi connectivity index (χ3v) is 5.24. The molecule has 1 rings (SSSR count). The van der Waals surface area contributed by atoms with E-state index in [4.69, 9.17) is 10.8 Å². The van der Waals surface area contributed by atoms with Gasteiger partial charge < -0.3 is 37.0 Å². The van der Waals surface area contributed by atoms with Gasteiger partial charge in [-0.15, -0.1) is 0 Å². The third kappa shape index (κ3) is 10.6. The summed E-state index contributed by atoms with van der Waals surface area (Å²) in [5.41, 5.74) is 6.51. The zero-order valence-electron chi connectivity index (χ0n) is 19.4. The Morgan fingerprint density at radius 2 is 1.40 bits per heavy atom. The minimum atomic E-state index is -1.55. The molecule has 35 heavy (non-hydrogen) atoms. The summed E-state index contributed by atoms with van der Waals surface area (Å²) < 4.78 is 0. The Kier molecular flexibility index (Phi) is 12.0. The summed E-state index contributed by atoms with van der Waals surface area (Å²) in [6.07, 6.45) is -0.567. The topological polar surface area (TPSA) is 208 Å². The van der Waals surface area contributed by atoms with E-state index in [1.165, 1.54) is 12.1 Å². The highest BCUT2D eigenvalue weighted by Gasteiger charge is 2.31. The number of nitrogens with one attached hydrogen (secondary N) is 3. The number of carbonyl (C=O) groups excluding carboxylic acids is 3. The van der Waals surface area contributed by atoms with Crippen LogP contribution in [0.25, 0.3) is 0 Å². The zero-order chi connectivity index (χ0) is 26.7. The lowest BCUT2D eigenvalue weighted by molar-refractivity contribution is -0.143. The van der Waals surface area contributed by atoms with Crippen molar-refractivity contribution in [2.24, 2.45) is 11.7 Å². The van der Waals surface area contributed by atoms with E-state index in [-0.39, 0.29) is 30.3 Å². The molecule has 13 heteroatoms. The molecule has 0 bridgehead atoms. The fourth-order valence-corrected chi connectivity index (χ4v) is 3.33. The first-order valence-corrected chi connectivity index (χ1v) is 11.5. The van der Waals surface area contributed by atoms with Crippen LogP contribution in [-0.2, 0) is 30.4 Å². The van der Waals surface area contributed by atoms with Crippen molar-refractivity contribution in [3.8, 4) is 5.75 Å². The Morgan fingerprint density at radius 1 is 0.886 bits per heavy atom. The van der Waals surface area contributed by atoms with Crippen molar-refractivity contribution in [2.45, 2.75) is 57.3 Å². The van der Waals surface area contributed by atoms with Crippen molar-refractivity contribution in [2.75, 3.05) is 5.75 Å². The molecule has 8 N–H and O–H groups in total. The normalized spacial score (nSPS) is 14.3. The minimum Gasteiger partial charge on any atom is -0.508 e. The molecule has 1 aromatic rings. The molecular weight excluding hydrogens is 480 g/mol. The van der Waals surface area contributed by atoms with Gasteiger partial charge in [-0.25, -0.2) is 4.79 Å². The fraction of sp³-hybridized carbons (Fsp3) is 0.500. The Morgan fingerprint density at radius 3 is 1.89 bits per heavy atom. The monoisotopic (exact) mass is 512 g/mol. The number of carboxylic acid groups (broad SMARTS) is 2. The maximum absolute atomic E-state index is 12.7. The summed E-state index contributed by atoms with van der Waals surface area (Å²) in [5, 5.41) is 34.7. The summed E-state index contributed by atoms with van der Waals surface area (Å²) in [6, 6.07) is 0.811. The van der Waals surface area contributed by atoms with E-state index in [0.717, 1.165) is 0 Å². The highest BCUT2D eigenvalue weighted by molar-refractivity contribution is 7.80. The molecule has 0 aliphatic rings. The van der Waals surface area contributed by atoms with Crippen molar-refractivity contribution in [1.29, 1.82) is 0 Å². The van der Waals surface area contributed by atoms with Crippen LogP contribution >= 0.6 is 12.6 Å². The lowest BCUT2D eigenvalue weighted by Gasteiger charge is -2.24. The molecule has 0 aromatic heterocycles. The molecule has 0 radical (unpaired) electrons. The predicted molar refractivity (Wildman–Crippen MR) is 129 cm³/mol. The molecule has 1 aromatic carbocycles. The smallest absolute Gasteiger partial charge is 0.326 e. The molecule has 0 saturated carbocycles. The number of benzene rings is 1. The third-order valence-electron chi connectivity index (χ3n) is 4.88. The van der Waals surface area contributed by atoms with Gasteiger partial charge >= 0.3 is 11.9 Å². The second-order valence-corrected chi connectivity index (χ2v) is 8.77. The molecule has 0 fully saturated rings. The van der Waals surface area contributed by atoms with E-state index >= 15 is 0 Å². The van der Waals surface area contributed by atoms with E-state index in [1.54, 1.807) is 26.0 Å². The quantitative estimate of drug-likeness (QED) is 0.147. The number of phenolic OH excluding ortho intramolecular Hbond substituents is 1. The standard InChI is InChI=1S/C22H32N4O8S/c1-11(2)7-16(22(33)34)25-21(32)17(10-35)26-20(31)15(9-18(28)29)24-19(30)14(23)8-12-3-5-13(27)6-4-12/h3-6,11,14-17,27,35H,7-10,23H2,1-2H3,(H,24,30)(H,25,32)(H,26,31)(H,28,29)(H,33,34). The summed E-state index contributed by atoms with van der Waals surface area (Å²) in [6.45, 7) is 3.57. The first-order valence-electron chi connectivity index (χ1n) is 10.8. The van der Waals surface area contributed by atoms with E-state index in [9.17, 15) is 34.2 Å². The summed E-state index contributed by atoms with van der Waals surface area (Å²) in [4.78, 5) is 60.4. The van der Waals surface area contributed by atoms with E-state index < -0.39 is 60.2 Å². The van der Waals surface area contributed by atoms with Crippen LogP contribution in [0.3, 0.4) is 0 Å². The SMILES string of the molecule is CC(C)CC(NC(=O)C(CS)NC(=O)C(CC(=O)O)NC(=O)C(N)Cc1ccc(O)cc1)C(=O)O. The highest BCUT2D eigenvalue weighted by Crippen LogP contribution is 2.11. The molecule has 194 valence electrons. The molecule has 0 saturated heterocycles. The van der Waals surface area contributed by atoms with Crippen LogP contribution < -0.4 is 21.7 Å². The van der Waals surface area contributed by atoms with Gasteiger partial charge in [0.2, 0.25) is 17.7 Å². The van der Waals surface area contributed by atoms with Crippen LogP contribution in [0.5, 0.6) is 5.75 Å². The number of carboxylic acids is 2. The number of nitrogens with two attached hydrogens (primary N) is 1. The van der Waals surface area contributed by atoms with E-state index in [0.29, 0.717) is 5.56 Å². The highest BCUT2D eigenvalue weighted by atomic mass is 32.1. The predicted octanol–water partition coefficient (Wildman–Crippen LogP) is -0.748. The van der Waals surface area contributed by atoms with Gasteiger partial charge in [0.15, 0.2) is 0 Å². The van der Waals surface area contributed by atoms with Gasteiger partial charge in [-0.3, -0.25) is 19.2 Å². The Labute approximate surface area is 208 Å². The van der Waals surface area contributed by atoms with Crippen LogP contribution in [0, 0.1) is 5.92 Å². The molecule has 0 aliphatic heterocycles. The van der Waals surface area contributed by atoms with Crippen LogP contribution in [0.15, 0.2) is 24.3 Å². The van der Waals surface area contributed by atoms with Gasteiger partial charge in [0, 0.05) is 5.75 Å². The Balaban J connectivity index is 2.86. The lowest BCUT2D eigenvalue weighted by atomic mass is 10.0.